The molecule has 4 aromatic carbocycles. The Kier molecular flexibility index (Phi) is 6.33. The van der Waals surface area contributed by atoms with Gasteiger partial charge in [0.2, 0.25) is 0 Å². The molecule has 0 saturated heterocycles. The van der Waals surface area contributed by atoms with Crippen molar-refractivity contribution in [2.45, 2.75) is 6.92 Å². The Morgan fingerprint density at radius 1 is 0.636 bits per heavy atom. The summed E-state index contributed by atoms with van der Waals surface area (Å²) in [6, 6.07) is 15.8. The normalized spacial score (nSPS) is 10.2. The van der Waals surface area contributed by atoms with Gasteiger partial charge in [-0.2, -0.15) is 0 Å². The van der Waals surface area contributed by atoms with Crippen LogP contribution in [0.2, 0.25) is 0 Å². The van der Waals surface area contributed by atoms with E-state index in [9.17, 15) is 17.6 Å². The summed E-state index contributed by atoms with van der Waals surface area (Å²) in [5.41, 5.74) is 1.23. The summed E-state index contributed by atoms with van der Waals surface area (Å²) in [6.45, 7) is 2.23. The van der Waals surface area contributed by atoms with Gasteiger partial charge in [-0.05, 0) is 60.8 Å². The van der Waals surface area contributed by atoms with Gasteiger partial charge in [0.15, 0.2) is 11.6 Å². The van der Waals surface area contributed by atoms with Gasteiger partial charge in [0.1, 0.15) is 17.4 Å². The van der Waals surface area contributed by atoms with Crippen molar-refractivity contribution < 1.29 is 22.3 Å². The second kappa shape index (κ2) is 9.51. The molecule has 0 saturated carbocycles. The maximum atomic E-state index is 14.5. The average molecular weight is 444 g/mol. The van der Waals surface area contributed by atoms with E-state index in [-0.39, 0.29) is 16.5 Å². The average Bonchev–Trinajstić information content (AvgIpc) is 2.80. The first-order valence-electron chi connectivity index (χ1n) is 10.1. The molecular formula is C28H16F4O. The molecule has 4 aromatic rings. The van der Waals surface area contributed by atoms with E-state index in [4.69, 9.17) is 4.74 Å². The number of ether oxygens (including phenoxy) is 1. The van der Waals surface area contributed by atoms with Gasteiger partial charge in [0, 0.05) is 22.6 Å². The molecule has 0 aliphatic heterocycles. The molecule has 1 nitrogen and oxygen atoms in total. The Balaban J connectivity index is 1.55. The SMILES string of the molecule is CCOc1ccc(C#Cc2ccc(C#Cc3ccc4c(F)c(F)ccc4c3)c(F)c2)c(F)c1. The van der Waals surface area contributed by atoms with Crippen LogP contribution in [0.4, 0.5) is 17.6 Å². The Hall–Kier alpha value is -4.22. The van der Waals surface area contributed by atoms with Crippen molar-refractivity contribution in [3.8, 4) is 29.4 Å². The molecule has 0 fully saturated rings. The standard InChI is InChI=1S/C28H16F4O/c1-2-33-23-12-10-21(27(31)17-23)9-5-19-4-8-20(26(30)16-19)7-3-18-6-13-24-22(15-18)11-14-25(29)28(24)32/h4,6,8,10-17H,2H2,1H3. The third-order valence-electron chi connectivity index (χ3n) is 4.81. The molecule has 0 radical (unpaired) electrons. The Bertz CT molecular complexity index is 1480. The molecule has 0 aliphatic rings. The molecule has 0 bridgehead atoms. The van der Waals surface area contributed by atoms with Gasteiger partial charge in [0.05, 0.1) is 17.7 Å². The summed E-state index contributed by atoms with van der Waals surface area (Å²) in [7, 11) is 0. The van der Waals surface area contributed by atoms with Gasteiger partial charge < -0.3 is 4.74 Å². The quantitative estimate of drug-likeness (QED) is 0.250. The minimum absolute atomic E-state index is 0.151. The van der Waals surface area contributed by atoms with Crippen LogP contribution in [0.3, 0.4) is 0 Å². The van der Waals surface area contributed by atoms with E-state index >= 15 is 0 Å². The molecule has 4 rings (SSSR count). The van der Waals surface area contributed by atoms with E-state index in [1.54, 1.807) is 31.2 Å². The van der Waals surface area contributed by atoms with Crippen LogP contribution in [0.5, 0.6) is 5.75 Å². The van der Waals surface area contributed by atoms with Crippen molar-refractivity contribution in [3.05, 3.63) is 112 Å². The number of hydrogen-bond donors (Lipinski definition) is 0. The highest BCUT2D eigenvalue weighted by molar-refractivity contribution is 5.84. The van der Waals surface area contributed by atoms with Crippen molar-refractivity contribution in [1.82, 2.24) is 0 Å². The van der Waals surface area contributed by atoms with Crippen molar-refractivity contribution in [2.24, 2.45) is 0 Å². The smallest absolute Gasteiger partial charge is 0.166 e. The van der Waals surface area contributed by atoms with Crippen LogP contribution in [0.15, 0.2) is 66.7 Å². The summed E-state index contributed by atoms with van der Waals surface area (Å²) in [5, 5.41) is 0.645. The highest BCUT2D eigenvalue weighted by Crippen LogP contribution is 2.21. The van der Waals surface area contributed by atoms with Crippen molar-refractivity contribution in [2.75, 3.05) is 6.61 Å². The topological polar surface area (TPSA) is 9.23 Å². The van der Waals surface area contributed by atoms with Crippen LogP contribution in [0, 0.1) is 47.0 Å². The molecule has 162 valence electrons. The fourth-order valence-corrected chi connectivity index (χ4v) is 3.17. The number of benzene rings is 4. The van der Waals surface area contributed by atoms with E-state index in [1.165, 1.54) is 36.4 Å². The largest absolute Gasteiger partial charge is 0.494 e. The monoisotopic (exact) mass is 444 g/mol. The second-order valence-corrected chi connectivity index (χ2v) is 7.07. The van der Waals surface area contributed by atoms with E-state index in [1.807, 2.05) is 0 Å². The third kappa shape index (κ3) is 5.00. The molecule has 0 aliphatic carbocycles. The Morgan fingerprint density at radius 2 is 1.27 bits per heavy atom. The number of rotatable bonds is 2. The summed E-state index contributed by atoms with van der Waals surface area (Å²) in [6.07, 6.45) is 0. The van der Waals surface area contributed by atoms with Gasteiger partial charge >= 0.3 is 0 Å². The minimum atomic E-state index is -0.920. The van der Waals surface area contributed by atoms with Crippen LogP contribution in [-0.4, -0.2) is 6.61 Å². The molecule has 0 N–H and O–H groups in total. The molecule has 0 amide bonds. The maximum absolute atomic E-state index is 14.5. The summed E-state index contributed by atoms with van der Waals surface area (Å²) < 4.78 is 61.0. The first-order chi connectivity index (χ1) is 15.9. The fraction of sp³-hybridized carbons (Fsp3) is 0.0714. The van der Waals surface area contributed by atoms with E-state index in [0.29, 0.717) is 28.9 Å². The first kappa shape index (κ1) is 22.0. The lowest BCUT2D eigenvalue weighted by Crippen LogP contribution is -1.93. The predicted octanol–water partition coefficient (Wildman–Crippen LogP) is 6.59. The van der Waals surface area contributed by atoms with Crippen LogP contribution in [0.25, 0.3) is 10.8 Å². The van der Waals surface area contributed by atoms with E-state index in [2.05, 4.69) is 23.7 Å². The lowest BCUT2D eigenvalue weighted by Gasteiger charge is -2.03. The Morgan fingerprint density at radius 3 is 1.94 bits per heavy atom. The van der Waals surface area contributed by atoms with E-state index in [0.717, 1.165) is 6.07 Å². The second-order valence-electron chi connectivity index (χ2n) is 7.07. The molecule has 5 heteroatoms. The summed E-state index contributed by atoms with van der Waals surface area (Å²) in [5.74, 6) is 8.47. The molecule has 33 heavy (non-hydrogen) atoms. The van der Waals surface area contributed by atoms with Gasteiger partial charge in [-0.3, -0.25) is 0 Å². The van der Waals surface area contributed by atoms with Crippen LogP contribution >= 0.6 is 0 Å². The molecule has 0 aromatic heterocycles. The third-order valence-corrected chi connectivity index (χ3v) is 4.81. The van der Waals surface area contributed by atoms with Crippen molar-refractivity contribution in [1.29, 1.82) is 0 Å². The predicted molar refractivity (Wildman–Crippen MR) is 120 cm³/mol. The lowest BCUT2D eigenvalue weighted by atomic mass is 10.1. The molecule has 0 spiro atoms. The lowest BCUT2D eigenvalue weighted by molar-refractivity contribution is 0.338. The fourth-order valence-electron chi connectivity index (χ4n) is 3.17. The van der Waals surface area contributed by atoms with Gasteiger partial charge in [-0.25, -0.2) is 17.6 Å². The molecule has 0 atom stereocenters. The Labute approximate surface area is 188 Å². The first-order valence-corrected chi connectivity index (χ1v) is 10.1. The van der Waals surface area contributed by atoms with Crippen molar-refractivity contribution in [3.63, 3.8) is 0 Å². The van der Waals surface area contributed by atoms with Crippen LogP contribution in [-0.2, 0) is 0 Å². The zero-order chi connectivity index (χ0) is 23.4. The minimum Gasteiger partial charge on any atom is -0.494 e. The number of hydrogen-bond acceptors (Lipinski definition) is 1. The zero-order valence-corrected chi connectivity index (χ0v) is 17.5. The van der Waals surface area contributed by atoms with Gasteiger partial charge in [0.25, 0.3) is 0 Å². The molecule has 0 unspecified atom stereocenters. The van der Waals surface area contributed by atoms with Crippen LogP contribution in [0.1, 0.15) is 29.2 Å². The summed E-state index contributed by atoms with van der Waals surface area (Å²) in [4.78, 5) is 0. The van der Waals surface area contributed by atoms with Crippen molar-refractivity contribution >= 4 is 10.8 Å². The molecule has 0 heterocycles. The number of halogens is 4. The maximum Gasteiger partial charge on any atom is 0.166 e. The van der Waals surface area contributed by atoms with Gasteiger partial charge in [-0.15, -0.1) is 0 Å². The highest BCUT2D eigenvalue weighted by atomic mass is 19.2. The summed E-state index contributed by atoms with van der Waals surface area (Å²) >= 11 is 0. The zero-order valence-electron chi connectivity index (χ0n) is 17.5. The molecular weight excluding hydrogens is 428 g/mol. The highest BCUT2D eigenvalue weighted by Gasteiger charge is 2.07. The van der Waals surface area contributed by atoms with Crippen LogP contribution < -0.4 is 4.74 Å². The van der Waals surface area contributed by atoms with Gasteiger partial charge in [-0.1, -0.05) is 35.8 Å². The van der Waals surface area contributed by atoms with E-state index < -0.39 is 23.3 Å². The number of fused-ring (bicyclic) bond motifs is 1.